The lowest BCUT2D eigenvalue weighted by Crippen LogP contribution is -2.28. The molecule has 5 rings (SSSR count). The zero-order valence-corrected chi connectivity index (χ0v) is 22.3. The molecule has 2 aromatic carbocycles. The number of aryl methyl sites for hydroxylation is 4. The second-order valence-electron chi connectivity index (χ2n) is 10.8. The third kappa shape index (κ3) is 5.29. The number of hydrogen-bond acceptors (Lipinski definition) is 4. The number of ether oxygens (including phenoxy) is 2. The van der Waals surface area contributed by atoms with Crippen LogP contribution in [0, 0.1) is 12.7 Å². The van der Waals surface area contributed by atoms with Crippen LogP contribution in [0.3, 0.4) is 0 Å². The highest BCUT2D eigenvalue weighted by atomic mass is 19.1. The summed E-state index contributed by atoms with van der Waals surface area (Å²) >= 11 is 0. The molecule has 0 aliphatic carbocycles. The van der Waals surface area contributed by atoms with Crippen molar-refractivity contribution in [3.05, 3.63) is 82.9 Å². The van der Waals surface area contributed by atoms with E-state index in [0.29, 0.717) is 30.8 Å². The topological polar surface area (TPSA) is 73.6 Å². The van der Waals surface area contributed by atoms with Crippen LogP contribution in [0.4, 0.5) is 4.39 Å². The molecule has 2 aromatic heterocycles. The average molecular weight is 517 g/mol. The predicted octanol–water partition coefficient (Wildman–Crippen LogP) is 6.66. The van der Waals surface area contributed by atoms with E-state index < -0.39 is 17.7 Å². The van der Waals surface area contributed by atoms with E-state index in [1.54, 1.807) is 12.1 Å². The Morgan fingerprint density at radius 2 is 1.95 bits per heavy atom. The molecule has 0 saturated carbocycles. The van der Waals surface area contributed by atoms with Gasteiger partial charge in [0, 0.05) is 34.9 Å². The molecule has 0 fully saturated rings. The molecule has 1 atom stereocenters. The van der Waals surface area contributed by atoms with E-state index in [0.717, 1.165) is 51.9 Å². The van der Waals surface area contributed by atoms with Crippen molar-refractivity contribution < 1.29 is 23.8 Å². The molecule has 4 aromatic rings. The number of benzene rings is 2. The molecular formula is C31H33FN2O4. The molecule has 0 bridgehead atoms. The fourth-order valence-electron chi connectivity index (χ4n) is 5.14. The predicted molar refractivity (Wildman–Crippen MR) is 145 cm³/mol. The fourth-order valence-corrected chi connectivity index (χ4v) is 5.14. The highest BCUT2D eigenvalue weighted by Crippen LogP contribution is 2.41. The average Bonchev–Trinajstić information content (AvgIpc) is 3.27. The largest absolute Gasteiger partial charge is 0.493 e. The number of aliphatic carboxylic acids is 1. The van der Waals surface area contributed by atoms with Crippen molar-refractivity contribution in [1.29, 1.82) is 0 Å². The number of carboxylic acids is 1. The van der Waals surface area contributed by atoms with E-state index in [1.165, 1.54) is 12.1 Å². The van der Waals surface area contributed by atoms with Crippen molar-refractivity contribution in [2.75, 3.05) is 6.61 Å². The summed E-state index contributed by atoms with van der Waals surface area (Å²) in [5.74, 6) is -0.431. The lowest BCUT2D eigenvalue weighted by molar-refractivity contribution is -0.160. The fraction of sp³-hybridized carbons (Fsp3) is 0.355. The van der Waals surface area contributed by atoms with Gasteiger partial charge in [-0.1, -0.05) is 18.2 Å². The van der Waals surface area contributed by atoms with Crippen LogP contribution in [0.2, 0.25) is 0 Å². The molecule has 0 spiro atoms. The molecule has 0 saturated heterocycles. The molecule has 1 aliphatic rings. The Kier molecular flexibility index (Phi) is 6.97. The van der Waals surface area contributed by atoms with Gasteiger partial charge in [0.15, 0.2) is 6.10 Å². The highest BCUT2D eigenvalue weighted by Gasteiger charge is 2.33. The first kappa shape index (κ1) is 25.9. The molecule has 6 nitrogen and oxygen atoms in total. The molecule has 1 N–H and O–H groups in total. The number of halogens is 1. The molecule has 198 valence electrons. The van der Waals surface area contributed by atoms with Crippen molar-refractivity contribution in [2.45, 2.75) is 65.2 Å². The van der Waals surface area contributed by atoms with Crippen LogP contribution in [0.25, 0.3) is 22.2 Å². The quantitative estimate of drug-likeness (QED) is 0.297. The number of rotatable bonds is 7. The summed E-state index contributed by atoms with van der Waals surface area (Å²) < 4.78 is 27.4. The standard InChI is InChI=1S/C31H33FN2O4/c1-19-26(28(30(35)36)38-31(2,3)4)27(22-9-12-25-21(18-22)6-5-17-37-25)24-14-16-34(29(24)33-19)15-13-20-7-10-23(32)11-8-20/h7-12,14,16,18,28H,5-6,13,15,17H2,1-4H3,(H,35,36). The van der Waals surface area contributed by atoms with E-state index in [4.69, 9.17) is 14.5 Å². The van der Waals surface area contributed by atoms with Crippen molar-refractivity contribution in [3.63, 3.8) is 0 Å². The first-order valence-electron chi connectivity index (χ1n) is 13.0. The Morgan fingerprint density at radius 3 is 2.66 bits per heavy atom. The second-order valence-corrected chi connectivity index (χ2v) is 10.8. The first-order valence-corrected chi connectivity index (χ1v) is 13.0. The first-order chi connectivity index (χ1) is 18.1. The van der Waals surface area contributed by atoms with Crippen molar-refractivity contribution in [2.24, 2.45) is 0 Å². The van der Waals surface area contributed by atoms with E-state index >= 15 is 0 Å². The van der Waals surface area contributed by atoms with Crippen LogP contribution < -0.4 is 4.74 Å². The van der Waals surface area contributed by atoms with Crippen molar-refractivity contribution >= 4 is 17.0 Å². The molecule has 0 radical (unpaired) electrons. The number of pyridine rings is 1. The number of carboxylic acid groups (broad SMARTS) is 1. The normalized spacial score (nSPS) is 14.2. The van der Waals surface area contributed by atoms with Crippen LogP contribution in [0.5, 0.6) is 5.75 Å². The van der Waals surface area contributed by atoms with E-state index in [2.05, 4.69) is 10.6 Å². The summed E-state index contributed by atoms with van der Waals surface area (Å²) in [6.07, 6.45) is 3.36. The van der Waals surface area contributed by atoms with E-state index in [-0.39, 0.29) is 5.82 Å². The lowest BCUT2D eigenvalue weighted by Gasteiger charge is -2.28. The van der Waals surface area contributed by atoms with Crippen LogP contribution >= 0.6 is 0 Å². The number of nitrogens with zero attached hydrogens (tertiary/aromatic N) is 2. The van der Waals surface area contributed by atoms with Gasteiger partial charge >= 0.3 is 5.97 Å². The van der Waals surface area contributed by atoms with Gasteiger partial charge in [0.05, 0.1) is 12.2 Å². The maximum atomic E-state index is 13.4. The minimum atomic E-state index is -1.18. The monoisotopic (exact) mass is 516 g/mol. The molecule has 1 unspecified atom stereocenters. The van der Waals surface area contributed by atoms with Crippen molar-refractivity contribution in [3.8, 4) is 16.9 Å². The molecule has 3 heterocycles. The van der Waals surface area contributed by atoms with Gasteiger partial charge in [0.2, 0.25) is 0 Å². The van der Waals surface area contributed by atoms with E-state index in [1.807, 2.05) is 52.1 Å². The van der Waals surface area contributed by atoms with Crippen LogP contribution in [-0.4, -0.2) is 32.8 Å². The van der Waals surface area contributed by atoms with Gasteiger partial charge in [-0.15, -0.1) is 0 Å². The van der Waals surface area contributed by atoms with Crippen molar-refractivity contribution in [1.82, 2.24) is 9.55 Å². The molecule has 0 amide bonds. The summed E-state index contributed by atoms with van der Waals surface area (Å²) in [5, 5.41) is 11.1. The zero-order valence-electron chi connectivity index (χ0n) is 22.3. The SMILES string of the molecule is Cc1nc2c(ccn2CCc2ccc(F)cc2)c(-c2ccc3c(c2)CCCO3)c1C(OC(C)(C)C)C(=O)O. The molecule has 38 heavy (non-hydrogen) atoms. The zero-order chi connectivity index (χ0) is 27.0. The number of carbonyl (C=O) groups is 1. The summed E-state index contributed by atoms with van der Waals surface area (Å²) in [6.45, 7) is 8.76. The second kappa shape index (κ2) is 10.2. The maximum absolute atomic E-state index is 13.4. The highest BCUT2D eigenvalue weighted by molar-refractivity contribution is 5.98. The summed E-state index contributed by atoms with van der Waals surface area (Å²) in [5.41, 5.74) is 5.15. The van der Waals surface area contributed by atoms with Gasteiger partial charge in [0.1, 0.15) is 17.2 Å². The molecular weight excluding hydrogens is 483 g/mol. The summed E-state index contributed by atoms with van der Waals surface area (Å²) in [6, 6.07) is 14.6. The van der Waals surface area contributed by atoms with Crippen LogP contribution in [0.15, 0.2) is 54.7 Å². The number of hydrogen-bond donors (Lipinski definition) is 1. The van der Waals surface area contributed by atoms with Gasteiger partial charge in [-0.2, -0.15) is 0 Å². The smallest absolute Gasteiger partial charge is 0.337 e. The van der Waals surface area contributed by atoms with Gasteiger partial charge in [-0.25, -0.2) is 14.2 Å². The number of aromatic nitrogens is 2. The van der Waals surface area contributed by atoms with Gasteiger partial charge in [0.25, 0.3) is 0 Å². The third-order valence-electron chi connectivity index (χ3n) is 6.85. The lowest BCUT2D eigenvalue weighted by atomic mass is 9.90. The Hall–Kier alpha value is -3.71. The van der Waals surface area contributed by atoms with Gasteiger partial charge in [-0.3, -0.25) is 0 Å². The van der Waals surface area contributed by atoms with E-state index in [9.17, 15) is 14.3 Å². The third-order valence-corrected chi connectivity index (χ3v) is 6.85. The van der Waals surface area contributed by atoms with Crippen LogP contribution in [-0.2, 0) is 28.9 Å². The molecule has 7 heteroatoms. The van der Waals surface area contributed by atoms with Crippen LogP contribution in [0.1, 0.15) is 55.7 Å². The molecule has 1 aliphatic heterocycles. The Bertz CT molecular complexity index is 1480. The Morgan fingerprint density at radius 1 is 1.18 bits per heavy atom. The Labute approximate surface area is 222 Å². The Balaban J connectivity index is 1.66. The minimum absolute atomic E-state index is 0.254. The van der Waals surface area contributed by atoms with Gasteiger partial charge < -0.3 is 19.1 Å². The number of fused-ring (bicyclic) bond motifs is 2. The minimum Gasteiger partial charge on any atom is -0.493 e. The summed E-state index contributed by atoms with van der Waals surface area (Å²) in [4.78, 5) is 17.5. The maximum Gasteiger partial charge on any atom is 0.337 e. The summed E-state index contributed by atoms with van der Waals surface area (Å²) in [7, 11) is 0. The van der Waals surface area contributed by atoms with Gasteiger partial charge in [-0.05, 0) is 94.0 Å².